The van der Waals surface area contributed by atoms with Crippen LogP contribution in [0.3, 0.4) is 0 Å². The number of nitrogens with zero attached hydrogens (tertiary/aromatic N) is 2. The van der Waals surface area contributed by atoms with Crippen LogP contribution in [0.2, 0.25) is 0 Å². The third-order valence-corrected chi connectivity index (χ3v) is 4.10. The highest BCUT2D eigenvalue weighted by molar-refractivity contribution is 5.78. The van der Waals surface area contributed by atoms with Crippen LogP contribution < -0.4 is 10.6 Å². The minimum absolute atomic E-state index is 0.0296. The van der Waals surface area contributed by atoms with E-state index in [1.54, 1.807) is 11.0 Å². The lowest BCUT2D eigenvalue weighted by atomic mass is 10.1. The van der Waals surface area contributed by atoms with Gasteiger partial charge in [-0.15, -0.1) is 0 Å². The van der Waals surface area contributed by atoms with Crippen LogP contribution in [0.1, 0.15) is 18.1 Å². The number of likely N-dealkylation sites (N-methyl/N-ethyl adjacent to an activating group) is 1. The van der Waals surface area contributed by atoms with E-state index < -0.39 is 11.7 Å². The molecule has 9 heteroatoms. The highest BCUT2D eigenvalue weighted by Gasteiger charge is 2.30. The van der Waals surface area contributed by atoms with Gasteiger partial charge in [-0.2, -0.15) is 13.2 Å². The summed E-state index contributed by atoms with van der Waals surface area (Å²) < 4.78 is 38.1. The predicted molar refractivity (Wildman–Crippen MR) is 90.4 cm³/mol. The van der Waals surface area contributed by atoms with Gasteiger partial charge < -0.3 is 15.5 Å². The Morgan fingerprint density at radius 1 is 1.12 bits per heavy atom. The standard InChI is InChI=1S/C17H23F3N4O2/c1-2-21-15(25)12-23-6-8-24(9-7-23)16(26)22-11-13-4-3-5-14(10-13)17(18,19)20/h3-5,10H,2,6-9,11-12H2,1H3,(H,21,25)(H,22,26). The zero-order chi connectivity index (χ0) is 19.2. The fraction of sp³-hybridized carbons (Fsp3) is 0.529. The summed E-state index contributed by atoms with van der Waals surface area (Å²) in [6.45, 7) is 4.85. The van der Waals surface area contributed by atoms with E-state index in [2.05, 4.69) is 10.6 Å². The molecular weight excluding hydrogens is 349 g/mol. The van der Waals surface area contributed by atoms with Crippen molar-refractivity contribution in [2.24, 2.45) is 0 Å². The summed E-state index contributed by atoms with van der Waals surface area (Å²) in [6.07, 6.45) is -4.40. The molecule has 0 radical (unpaired) electrons. The first-order valence-corrected chi connectivity index (χ1v) is 8.47. The topological polar surface area (TPSA) is 64.7 Å². The predicted octanol–water partition coefficient (Wildman–Crippen LogP) is 1.67. The second-order valence-corrected chi connectivity index (χ2v) is 6.07. The van der Waals surface area contributed by atoms with Gasteiger partial charge in [0.25, 0.3) is 0 Å². The highest BCUT2D eigenvalue weighted by atomic mass is 19.4. The van der Waals surface area contributed by atoms with Crippen LogP contribution in [0.25, 0.3) is 0 Å². The quantitative estimate of drug-likeness (QED) is 0.827. The van der Waals surface area contributed by atoms with Crippen LogP contribution in [0.4, 0.5) is 18.0 Å². The van der Waals surface area contributed by atoms with Gasteiger partial charge in [0.05, 0.1) is 12.1 Å². The summed E-state index contributed by atoms with van der Waals surface area (Å²) in [4.78, 5) is 27.3. The molecule has 0 aliphatic carbocycles. The number of amides is 3. The van der Waals surface area contributed by atoms with Crippen LogP contribution in [0, 0.1) is 0 Å². The molecule has 0 saturated carbocycles. The Bertz CT molecular complexity index is 629. The van der Waals surface area contributed by atoms with Crippen molar-refractivity contribution in [3.05, 3.63) is 35.4 Å². The van der Waals surface area contributed by atoms with E-state index in [1.807, 2.05) is 11.8 Å². The lowest BCUT2D eigenvalue weighted by Gasteiger charge is -2.34. The molecule has 1 saturated heterocycles. The van der Waals surface area contributed by atoms with E-state index in [0.29, 0.717) is 44.8 Å². The molecule has 26 heavy (non-hydrogen) atoms. The molecule has 0 unspecified atom stereocenters. The number of benzene rings is 1. The number of carbonyl (C=O) groups excluding carboxylic acids is 2. The van der Waals surface area contributed by atoms with Gasteiger partial charge in [-0.25, -0.2) is 4.79 Å². The van der Waals surface area contributed by atoms with Crippen molar-refractivity contribution in [1.82, 2.24) is 20.4 Å². The Balaban J connectivity index is 1.78. The van der Waals surface area contributed by atoms with Gasteiger partial charge >= 0.3 is 12.2 Å². The number of urea groups is 1. The molecule has 2 rings (SSSR count). The van der Waals surface area contributed by atoms with Crippen LogP contribution in [0.5, 0.6) is 0 Å². The number of piperazine rings is 1. The molecular formula is C17H23F3N4O2. The summed E-state index contributed by atoms with van der Waals surface area (Å²) in [5.74, 6) is -0.0463. The zero-order valence-electron chi connectivity index (χ0n) is 14.6. The maximum Gasteiger partial charge on any atom is 0.416 e. The number of carbonyl (C=O) groups is 2. The minimum atomic E-state index is -4.40. The lowest BCUT2D eigenvalue weighted by molar-refractivity contribution is -0.137. The molecule has 0 aromatic heterocycles. The molecule has 0 spiro atoms. The Kier molecular flexibility index (Phi) is 6.84. The number of rotatable bonds is 5. The molecule has 6 nitrogen and oxygen atoms in total. The summed E-state index contributed by atoms with van der Waals surface area (Å²) in [5.41, 5.74) is -0.341. The maximum absolute atomic E-state index is 12.7. The molecule has 1 aliphatic rings. The van der Waals surface area contributed by atoms with Crippen LogP contribution in [-0.2, 0) is 17.5 Å². The second-order valence-electron chi connectivity index (χ2n) is 6.07. The van der Waals surface area contributed by atoms with Crippen LogP contribution in [0.15, 0.2) is 24.3 Å². The van der Waals surface area contributed by atoms with E-state index in [9.17, 15) is 22.8 Å². The average Bonchev–Trinajstić information content (AvgIpc) is 2.60. The third-order valence-electron chi connectivity index (χ3n) is 4.10. The summed E-state index contributed by atoms with van der Waals surface area (Å²) in [5, 5.41) is 5.37. The van der Waals surface area contributed by atoms with Gasteiger partial charge in [-0.3, -0.25) is 9.69 Å². The normalized spacial score (nSPS) is 15.6. The van der Waals surface area contributed by atoms with Crippen molar-refractivity contribution >= 4 is 11.9 Å². The van der Waals surface area contributed by atoms with Gasteiger partial charge in [0.1, 0.15) is 0 Å². The number of hydrogen-bond acceptors (Lipinski definition) is 3. The fourth-order valence-corrected chi connectivity index (χ4v) is 2.71. The molecule has 0 bridgehead atoms. The summed E-state index contributed by atoms with van der Waals surface area (Å²) in [6, 6.07) is 4.58. The Labute approximate surface area is 150 Å². The fourth-order valence-electron chi connectivity index (χ4n) is 2.71. The minimum Gasteiger partial charge on any atom is -0.355 e. The smallest absolute Gasteiger partial charge is 0.355 e. The Hall–Kier alpha value is -2.29. The molecule has 0 atom stereocenters. The molecule has 2 N–H and O–H groups in total. The largest absolute Gasteiger partial charge is 0.416 e. The Morgan fingerprint density at radius 3 is 2.42 bits per heavy atom. The molecule has 1 aromatic rings. The first-order valence-electron chi connectivity index (χ1n) is 8.47. The summed E-state index contributed by atoms with van der Waals surface area (Å²) in [7, 11) is 0. The average molecular weight is 372 g/mol. The number of hydrogen-bond donors (Lipinski definition) is 2. The van der Waals surface area contributed by atoms with E-state index >= 15 is 0 Å². The van der Waals surface area contributed by atoms with Crippen molar-refractivity contribution in [3.8, 4) is 0 Å². The monoisotopic (exact) mass is 372 g/mol. The van der Waals surface area contributed by atoms with Crippen molar-refractivity contribution in [3.63, 3.8) is 0 Å². The molecule has 1 heterocycles. The highest BCUT2D eigenvalue weighted by Crippen LogP contribution is 2.29. The van der Waals surface area contributed by atoms with E-state index in [1.165, 1.54) is 6.07 Å². The van der Waals surface area contributed by atoms with Gasteiger partial charge in [0.2, 0.25) is 5.91 Å². The van der Waals surface area contributed by atoms with E-state index in [4.69, 9.17) is 0 Å². The van der Waals surface area contributed by atoms with Crippen molar-refractivity contribution < 1.29 is 22.8 Å². The Morgan fingerprint density at radius 2 is 1.81 bits per heavy atom. The number of alkyl halides is 3. The molecule has 1 fully saturated rings. The molecule has 3 amide bonds. The first kappa shape index (κ1) is 20.0. The summed E-state index contributed by atoms with van der Waals surface area (Å²) >= 11 is 0. The van der Waals surface area contributed by atoms with E-state index in [-0.39, 0.29) is 18.5 Å². The van der Waals surface area contributed by atoms with Crippen molar-refractivity contribution in [2.75, 3.05) is 39.3 Å². The molecule has 1 aromatic carbocycles. The molecule has 1 aliphatic heterocycles. The van der Waals surface area contributed by atoms with Gasteiger partial charge in [0.15, 0.2) is 0 Å². The van der Waals surface area contributed by atoms with Crippen LogP contribution in [-0.4, -0.2) is 61.0 Å². The zero-order valence-corrected chi connectivity index (χ0v) is 14.6. The second kappa shape index (κ2) is 8.88. The van der Waals surface area contributed by atoms with Crippen molar-refractivity contribution in [2.45, 2.75) is 19.6 Å². The first-order chi connectivity index (χ1) is 12.3. The van der Waals surface area contributed by atoms with Gasteiger partial charge in [-0.05, 0) is 24.6 Å². The van der Waals surface area contributed by atoms with E-state index in [0.717, 1.165) is 12.1 Å². The lowest BCUT2D eigenvalue weighted by Crippen LogP contribution is -2.53. The van der Waals surface area contributed by atoms with Gasteiger partial charge in [-0.1, -0.05) is 12.1 Å². The van der Waals surface area contributed by atoms with Gasteiger partial charge in [0, 0.05) is 39.3 Å². The maximum atomic E-state index is 12.7. The third kappa shape index (κ3) is 5.91. The molecule has 144 valence electrons. The number of halogens is 3. The van der Waals surface area contributed by atoms with Crippen LogP contribution >= 0.6 is 0 Å². The number of nitrogens with one attached hydrogen (secondary N) is 2. The SMILES string of the molecule is CCNC(=O)CN1CCN(C(=O)NCc2cccc(C(F)(F)F)c2)CC1. The van der Waals surface area contributed by atoms with Crippen molar-refractivity contribution in [1.29, 1.82) is 0 Å².